The Balaban J connectivity index is 1.14. The van der Waals surface area contributed by atoms with Gasteiger partial charge in [0.05, 0.1) is 12.6 Å². The fourth-order valence-corrected chi connectivity index (χ4v) is 8.13. The Bertz CT molecular complexity index is 2470. The summed E-state index contributed by atoms with van der Waals surface area (Å²) in [6, 6.07) is 16.9. The number of hydrogen-bond donors (Lipinski definition) is 7. The average molecular weight is 936 g/mol. The van der Waals surface area contributed by atoms with Gasteiger partial charge >= 0.3 is 23.9 Å². The van der Waals surface area contributed by atoms with Crippen molar-refractivity contribution in [3.8, 4) is 22.5 Å². The highest BCUT2D eigenvalue weighted by Gasteiger charge is 2.65. The Morgan fingerprint density at radius 2 is 1.57 bits per heavy atom. The third kappa shape index (κ3) is 12.2. The number of carboxylic acids is 1. The van der Waals surface area contributed by atoms with E-state index in [1.807, 2.05) is 31.2 Å². The van der Waals surface area contributed by atoms with Gasteiger partial charge in [0.15, 0.2) is 5.82 Å². The number of ketones is 1. The Labute approximate surface area is 383 Å². The van der Waals surface area contributed by atoms with E-state index < -0.39 is 71.0 Å². The molecule has 358 valence electrons. The molecule has 0 unspecified atom stereocenters. The number of ether oxygens (including phenoxy) is 1. The molecule has 2 heterocycles. The van der Waals surface area contributed by atoms with Crippen molar-refractivity contribution < 1.29 is 61.3 Å². The molecule has 16 nitrogen and oxygen atoms in total. The van der Waals surface area contributed by atoms with E-state index >= 15 is 0 Å². The lowest BCUT2D eigenvalue weighted by Crippen LogP contribution is -2.45. The van der Waals surface area contributed by atoms with Gasteiger partial charge in [-0.05, 0) is 131 Å². The number of nitrogens with zero attached hydrogens (tertiary/aromatic N) is 2. The van der Waals surface area contributed by atoms with Gasteiger partial charge < -0.3 is 36.2 Å². The molecule has 7 N–H and O–H groups in total. The topological polar surface area (TPSA) is 242 Å². The van der Waals surface area contributed by atoms with Gasteiger partial charge in [-0.15, -0.1) is 0 Å². The predicted molar refractivity (Wildman–Crippen MR) is 235 cm³/mol. The molecule has 2 fully saturated rings. The van der Waals surface area contributed by atoms with Crippen LogP contribution >= 0.6 is 0 Å². The second kappa shape index (κ2) is 20.4. The number of carboxylic acid groups (broad SMARTS) is 1. The van der Waals surface area contributed by atoms with Crippen LogP contribution in [-0.4, -0.2) is 97.7 Å². The quantitative estimate of drug-likeness (QED) is 0.0578. The van der Waals surface area contributed by atoms with Crippen molar-refractivity contribution in [2.45, 2.75) is 102 Å². The van der Waals surface area contributed by atoms with Gasteiger partial charge in [-0.2, -0.15) is 22.7 Å². The molecule has 0 spiro atoms. The first kappa shape index (κ1) is 49.7. The number of amides is 4. The minimum Gasteiger partial charge on any atom is -0.477 e. The van der Waals surface area contributed by atoms with Crippen molar-refractivity contribution in [3.63, 3.8) is 0 Å². The van der Waals surface area contributed by atoms with E-state index in [4.69, 9.17) is 9.84 Å². The molecule has 3 aromatic carbocycles. The number of aliphatic hydroxyl groups is 1. The number of benzene rings is 3. The molecule has 6 rings (SSSR count). The molecule has 0 bridgehead atoms. The summed E-state index contributed by atoms with van der Waals surface area (Å²) in [5.74, 6) is -18.1. The summed E-state index contributed by atoms with van der Waals surface area (Å²) in [4.78, 5) is 79.5. The van der Waals surface area contributed by atoms with Crippen LogP contribution in [0.25, 0.3) is 22.5 Å². The molecule has 4 amide bonds. The first-order valence-electron chi connectivity index (χ1n) is 21.8. The van der Waals surface area contributed by atoms with Crippen LogP contribution in [0.3, 0.4) is 0 Å². The number of nitrogens with one attached hydrogen (secondary N) is 5. The standard InChI is InChI=1S/C47H53F4N7O9/c1-25-19-31(39(61)55-36-22-34(24-59)54-41(36)63)15-18-35(25)28-9-5-26(6-10-28)20-32(21-37(60)29-11-7-27(8-12-29)23-52-44(66)67-45(2,3)4)40(62)53-33-16-13-30(14-17-33)38-56-42(58-57-38)46(48,49)47(50,51)43(64)65/h5-6,9-10,13-19,27,29,32,34,36,59H,7-8,11-12,20-24H2,1-4H3,(H,52,66)(H,53,62)(H,54,63)(H,55,61)(H,64,65)(H,56,57,58)/t27?,29?,32-,34+,36-/m1/s1. The zero-order valence-corrected chi connectivity index (χ0v) is 37.3. The highest BCUT2D eigenvalue weighted by atomic mass is 19.3. The first-order chi connectivity index (χ1) is 31.5. The third-order valence-corrected chi connectivity index (χ3v) is 11.9. The molecule has 1 saturated carbocycles. The second-order valence-electron chi connectivity index (χ2n) is 18.1. The summed E-state index contributed by atoms with van der Waals surface area (Å²) in [5.41, 5.74) is 3.25. The average Bonchev–Trinajstić information content (AvgIpc) is 3.92. The van der Waals surface area contributed by atoms with E-state index in [0.717, 1.165) is 22.3 Å². The lowest BCUT2D eigenvalue weighted by molar-refractivity contribution is -0.231. The van der Waals surface area contributed by atoms with Crippen molar-refractivity contribution in [1.29, 1.82) is 0 Å². The maximum Gasteiger partial charge on any atom is 0.411 e. The monoisotopic (exact) mass is 935 g/mol. The predicted octanol–water partition coefficient (Wildman–Crippen LogP) is 6.33. The van der Waals surface area contributed by atoms with Gasteiger partial charge in [-0.1, -0.05) is 30.3 Å². The molecular formula is C47H53F4N7O9. The van der Waals surface area contributed by atoms with Crippen LogP contribution in [0.4, 0.5) is 28.0 Å². The number of H-pyrrole nitrogens is 1. The van der Waals surface area contributed by atoms with Crippen molar-refractivity contribution in [1.82, 2.24) is 31.1 Å². The molecule has 67 heavy (non-hydrogen) atoms. The number of anilines is 1. The zero-order valence-electron chi connectivity index (χ0n) is 37.3. The van der Waals surface area contributed by atoms with Crippen molar-refractivity contribution in [2.75, 3.05) is 18.5 Å². The van der Waals surface area contributed by atoms with Gasteiger partial charge in [0, 0.05) is 41.6 Å². The Hall–Kier alpha value is -6.70. The maximum atomic E-state index is 14.3. The van der Waals surface area contributed by atoms with Crippen LogP contribution in [0.1, 0.15) is 86.6 Å². The lowest BCUT2D eigenvalue weighted by Gasteiger charge is -2.29. The molecule has 1 aliphatic heterocycles. The summed E-state index contributed by atoms with van der Waals surface area (Å²) < 4.78 is 61.5. The van der Waals surface area contributed by atoms with Crippen LogP contribution in [0.2, 0.25) is 0 Å². The van der Waals surface area contributed by atoms with E-state index in [2.05, 4.69) is 31.3 Å². The van der Waals surface area contributed by atoms with E-state index in [0.29, 0.717) is 37.8 Å². The number of rotatable bonds is 17. The molecule has 0 radical (unpaired) electrons. The number of aryl methyl sites for hydroxylation is 1. The maximum absolute atomic E-state index is 14.3. The zero-order chi connectivity index (χ0) is 48.8. The molecule has 3 atom stereocenters. The number of aliphatic hydroxyl groups excluding tert-OH is 1. The molecule has 1 aliphatic carbocycles. The van der Waals surface area contributed by atoms with Gasteiger partial charge in [-0.3, -0.25) is 24.3 Å². The highest BCUT2D eigenvalue weighted by Crippen LogP contribution is 2.42. The second-order valence-corrected chi connectivity index (χ2v) is 18.1. The number of Topliss-reactive ketones (excluding diaryl/α,β-unsaturated/α-hetero) is 1. The Morgan fingerprint density at radius 1 is 0.910 bits per heavy atom. The minimum atomic E-state index is -5.46. The van der Waals surface area contributed by atoms with Crippen LogP contribution in [0.15, 0.2) is 66.7 Å². The molecular weight excluding hydrogens is 883 g/mol. The number of alkyl halides is 4. The number of carbonyl (C=O) groups is 6. The lowest BCUT2D eigenvalue weighted by atomic mass is 9.77. The molecule has 2 aliphatic rings. The Morgan fingerprint density at radius 3 is 2.16 bits per heavy atom. The summed E-state index contributed by atoms with van der Waals surface area (Å²) in [5, 5.41) is 34.2. The van der Waals surface area contributed by atoms with E-state index in [-0.39, 0.29) is 60.6 Å². The number of aromatic amines is 1. The molecule has 1 aromatic heterocycles. The fourth-order valence-electron chi connectivity index (χ4n) is 8.13. The smallest absolute Gasteiger partial charge is 0.411 e. The normalized spacial score (nSPS) is 19.2. The third-order valence-electron chi connectivity index (χ3n) is 11.9. The fraction of sp³-hybridized carbons (Fsp3) is 0.447. The number of aromatic nitrogens is 3. The van der Waals surface area contributed by atoms with Crippen LogP contribution in [0.5, 0.6) is 0 Å². The number of aliphatic carboxylic acids is 1. The van der Waals surface area contributed by atoms with Gasteiger partial charge in [0.1, 0.15) is 17.4 Å². The number of hydrogen-bond acceptors (Lipinski definition) is 10. The summed E-state index contributed by atoms with van der Waals surface area (Å²) >= 11 is 0. The Kier molecular flexibility index (Phi) is 15.2. The molecule has 20 heteroatoms. The number of carbonyl (C=O) groups excluding carboxylic acids is 5. The molecule has 1 saturated heterocycles. The van der Waals surface area contributed by atoms with Crippen LogP contribution in [0, 0.1) is 24.7 Å². The van der Waals surface area contributed by atoms with Gasteiger partial charge in [0.2, 0.25) is 17.6 Å². The van der Waals surface area contributed by atoms with Crippen LogP contribution in [-0.2, 0) is 36.3 Å². The SMILES string of the molecule is Cc1cc(C(=O)N[C@@H]2C[C@@H](CO)NC2=O)ccc1-c1ccc(C[C@H](CC(=O)C2CCC(CNC(=O)OC(C)(C)C)CC2)C(=O)Nc2ccc(-c3n[nH]c(C(F)(F)C(F)(F)C(=O)O)n3)cc2)cc1. The van der Waals surface area contributed by atoms with Crippen molar-refractivity contribution in [3.05, 3.63) is 89.2 Å². The van der Waals surface area contributed by atoms with Gasteiger partial charge in [0.25, 0.3) is 5.91 Å². The summed E-state index contributed by atoms with van der Waals surface area (Å²) in [6.45, 7) is 7.35. The number of alkyl carbamates (subject to hydrolysis) is 1. The van der Waals surface area contributed by atoms with E-state index in [1.165, 1.54) is 24.3 Å². The summed E-state index contributed by atoms with van der Waals surface area (Å²) in [6.07, 6.45) is 2.39. The van der Waals surface area contributed by atoms with Gasteiger partial charge in [-0.25, -0.2) is 14.6 Å². The minimum absolute atomic E-state index is 0.0850. The van der Waals surface area contributed by atoms with E-state index in [9.17, 15) is 51.4 Å². The summed E-state index contributed by atoms with van der Waals surface area (Å²) in [7, 11) is 0. The molecule has 4 aromatic rings. The highest BCUT2D eigenvalue weighted by molar-refractivity contribution is 5.99. The van der Waals surface area contributed by atoms with Crippen molar-refractivity contribution >= 4 is 41.3 Å². The largest absolute Gasteiger partial charge is 0.477 e. The first-order valence-corrected chi connectivity index (χ1v) is 21.8. The van der Waals surface area contributed by atoms with E-state index in [1.54, 1.807) is 44.1 Å². The van der Waals surface area contributed by atoms with Crippen molar-refractivity contribution in [2.24, 2.45) is 17.8 Å². The van der Waals surface area contributed by atoms with Crippen LogP contribution < -0.4 is 21.3 Å². The number of halogens is 4.